The first-order valence-electron chi connectivity index (χ1n) is 6.32. The van der Waals surface area contributed by atoms with Crippen LogP contribution in [0.4, 0.5) is 5.69 Å². The van der Waals surface area contributed by atoms with Crippen LogP contribution in [-0.4, -0.2) is 23.5 Å². The summed E-state index contributed by atoms with van der Waals surface area (Å²) in [6, 6.07) is 5.56. The number of Topliss-reactive ketones (excluding diaryl/α,β-unsaturated/α-hetero) is 1. The molecule has 1 aromatic carbocycles. The summed E-state index contributed by atoms with van der Waals surface area (Å²) in [4.78, 5) is 26.6. The summed E-state index contributed by atoms with van der Waals surface area (Å²) >= 11 is 1.58. The summed E-state index contributed by atoms with van der Waals surface area (Å²) in [5, 5.41) is -0.0457. The molecule has 0 aliphatic carbocycles. The average molecular weight is 275 g/mol. The number of thioether (sulfide) groups is 1. The molecule has 0 saturated carbocycles. The van der Waals surface area contributed by atoms with E-state index in [1.165, 1.54) is 6.92 Å². The molecule has 0 aromatic heterocycles. The molecule has 2 rings (SSSR count). The van der Waals surface area contributed by atoms with Crippen LogP contribution >= 0.6 is 11.8 Å². The highest BCUT2D eigenvalue weighted by molar-refractivity contribution is 8.01. The lowest BCUT2D eigenvalue weighted by molar-refractivity contribution is -0.118. The van der Waals surface area contributed by atoms with Crippen LogP contribution in [0.1, 0.15) is 30.6 Å². The lowest BCUT2D eigenvalue weighted by Gasteiger charge is -2.33. The van der Waals surface area contributed by atoms with Gasteiger partial charge in [-0.1, -0.05) is 19.1 Å². The molecule has 0 saturated heterocycles. The first-order valence-corrected chi connectivity index (χ1v) is 7.20. The van der Waals surface area contributed by atoms with E-state index in [2.05, 4.69) is 6.58 Å². The van der Waals surface area contributed by atoms with Crippen molar-refractivity contribution < 1.29 is 9.59 Å². The molecule has 1 aliphatic heterocycles. The zero-order valence-corrected chi connectivity index (χ0v) is 12.0. The highest BCUT2D eigenvalue weighted by Gasteiger charge is 2.32. The first-order chi connectivity index (χ1) is 9.08. The molecule has 1 aliphatic rings. The number of nitrogens with zero attached hydrogens (tertiary/aromatic N) is 1. The van der Waals surface area contributed by atoms with Crippen LogP contribution in [0.25, 0.3) is 0 Å². The second kappa shape index (κ2) is 5.61. The molecule has 0 radical (unpaired) electrons. The highest BCUT2D eigenvalue weighted by atomic mass is 32.2. The van der Waals surface area contributed by atoms with E-state index in [1.807, 2.05) is 19.1 Å². The Morgan fingerprint density at radius 1 is 1.53 bits per heavy atom. The number of benzene rings is 1. The molecule has 0 fully saturated rings. The minimum absolute atomic E-state index is 0.0106. The van der Waals surface area contributed by atoms with Gasteiger partial charge in [-0.05, 0) is 25.5 Å². The predicted octanol–water partition coefficient (Wildman–Crippen LogP) is 3.29. The summed E-state index contributed by atoms with van der Waals surface area (Å²) in [5.74, 6) is 0.108. The lowest BCUT2D eigenvalue weighted by Crippen LogP contribution is -2.40. The van der Waals surface area contributed by atoms with Crippen molar-refractivity contribution in [2.45, 2.75) is 30.4 Å². The third kappa shape index (κ3) is 2.59. The molecule has 1 aromatic rings. The Balaban J connectivity index is 2.49. The fourth-order valence-corrected chi connectivity index (χ4v) is 3.26. The summed E-state index contributed by atoms with van der Waals surface area (Å²) in [6.07, 6.45) is 2.51. The maximum absolute atomic E-state index is 12.4. The van der Waals surface area contributed by atoms with E-state index in [9.17, 15) is 9.59 Å². The van der Waals surface area contributed by atoms with Crippen molar-refractivity contribution in [3.8, 4) is 0 Å². The Hall–Kier alpha value is -1.55. The Labute approximate surface area is 117 Å². The number of carbonyl (C=O) groups excluding carboxylic acids is 2. The van der Waals surface area contributed by atoms with Crippen LogP contribution < -0.4 is 4.90 Å². The van der Waals surface area contributed by atoms with E-state index in [-0.39, 0.29) is 16.9 Å². The summed E-state index contributed by atoms with van der Waals surface area (Å²) in [6.45, 7) is 7.72. The van der Waals surface area contributed by atoms with Crippen molar-refractivity contribution >= 4 is 29.1 Å². The van der Waals surface area contributed by atoms with Gasteiger partial charge in [0, 0.05) is 17.0 Å². The molecule has 1 atom stereocenters. The second-order valence-electron chi connectivity index (χ2n) is 4.49. The summed E-state index contributed by atoms with van der Waals surface area (Å²) < 4.78 is 0. The fourth-order valence-electron chi connectivity index (χ4n) is 2.12. The van der Waals surface area contributed by atoms with Gasteiger partial charge in [0.05, 0.1) is 10.9 Å². The van der Waals surface area contributed by atoms with Crippen molar-refractivity contribution in [2.24, 2.45) is 0 Å². The smallest absolute Gasteiger partial charge is 0.240 e. The molecule has 1 unspecified atom stereocenters. The average Bonchev–Trinajstić information content (AvgIpc) is 2.41. The third-order valence-corrected chi connectivity index (χ3v) is 4.57. The molecule has 0 spiro atoms. The number of hydrogen-bond donors (Lipinski definition) is 0. The Morgan fingerprint density at radius 2 is 2.26 bits per heavy atom. The third-order valence-electron chi connectivity index (χ3n) is 3.15. The predicted molar refractivity (Wildman–Crippen MR) is 78.9 cm³/mol. The minimum Gasteiger partial charge on any atom is -0.306 e. The molecule has 3 nitrogen and oxygen atoms in total. The van der Waals surface area contributed by atoms with E-state index in [1.54, 1.807) is 28.8 Å². The van der Waals surface area contributed by atoms with Gasteiger partial charge in [-0.25, -0.2) is 0 Å². The van der Waals surface area contributed by atoms with E-state index in [4.69, 9.17) is 0 Å². The first kappa shape index (κ1) is 13.9. The summed E-state index contributed by atoms with van der Waals surface area (Å²) in [7, 11) is 0. The van der Waals surface area contributed by atoms with Crippen LogP contribution in [0.2, 0.25) is 0 Å². The molecule has 0 N–H and O–H groups in total. The number of anilines is 1. The fraction of sp³-hybridized carbons (Fsp3) is 0.333. The number of carbonyl (C=O) groups is 2. The zero-order valence-electron chi connectivity index (χ0n) is 11.2. The van der Waals surface area contributed by atoms with E-state index < -0.39 is 0 Å². The van der Waals surface area contributed by atoms with Gasteiger partial charge >= 0.3 is 0 Å². The van der Waals surface area contributed by atoms with Gasteiger partial charge in [0.25, 0.3) is 0 Å². The van der Waals surface area contributed by atoms with Crippen LogP contribution in [0.3, 0.4) is 0 Å². The molecule has 19 heavy (non-hydrogen) atoms. The van der Waals surface area contributed by atoms with Gasteiger partial charge in [-0.3, -0.25) is 9.59 Å². The molecule has 0 bridgehead atoms. The van der Waals surface area contributed by atoms with Gasteiger partial charge in [-0.15, -0.1) is 18.3 Å². The van der Waals surface area contributed by atoms with Gasteiger partial charge in [0.15, 0.2) is 5.78 Å². The van der Waals surface area contributed by atoms with E-state index in [0.717, 1.165) is 17.0 Å². The van der Waals surface area contributed by atoms with Gasteiger partial charge in [0.2, 0.25) is 5.91 Å². The highest BCUT2D eigenvalue weighted by Crippen LogP contribution is 2.40. The molecular formula is C15H17NO2S. The Kier molecular flexibility index (Phi) is 4.10. The normalized spacial score (nSPS) is 18.1. The number of amides is 1. The van der Waals surface area contributed by atoms with Gasteiger partial charge in [-0.2, -0.15) is 0 Å². The van der Waals surface area contributed by atoms with Crippen LogP contribution in [0.5, 0.6) is 0 Å². The monoisotopic (exact) mass is 275 g/mol. The maximum Gasteiger partial charge on any atom is 0.240 e. The largest absolute Gasteiger partial charge is 0.306 e. The van der Waals surface area contributed by atoms with Crippen LogP contribution in [0, 0.1) is 0 Å². The molecule has 100 valence electrons. The molecular weight excluding hydrogens is 258 g/mol. The maximum atomic E-state index is 12.4. The van der Waals surface area contributed by atoms with Crippen molar-refractivity contribution in [3.63, 3.8) is 0 Å². The number of ketones is 1. The molecule has 4 heteroatoms. The second-order valence-corrected chi connectivity index (χ2v) is 5.74. The minimum atomic E-state index is -0.0457. The molecule has 1 amide bonds. The quantitative estimate of drug-likeness (QED) is 0.625. The standard InChI is InChI=1S/C15H17NO2S/c1-4-8-16-12-9-11(10(3)17)6-7-14(12)19-13(5-2)15(16)18/h4,6-7,9,13H,1,5,8H2,2-3H3. The van der Waals surface area contributed by atoms with Crippen molar-refractivity contribution in [1.82, 2.24) is 0 Å². The van der Waals surface area contributed by atoms with Gasteiger partial charge < -0.3 is 4.90 Å². The van der Waals surface area contributed by atoms with Gasteiger partial charge in [0.1, 0.15) is 0 Å². The SMILES string of the molecule is C=CCN1C(=O)C(CC)Sc2ccc(C(C)=O)cc21. The summed E-state index contributed by atoms with van der Waals surface area (Å²) in [5.41, 5.74) is 1.46. The number of rotatable bonds is 4. The Morgan fingerprint density at radius 3 is 2.84 bits per heavy atom. The van der Waals surface area contributed by atoms with Crippen molar-refractivity contribution in [2.75, 3.05) is 11.4 Å². The van der Waals surface area contributed by atoms with E-state index >= 15 is 0 Å². The van der Waals surface area contributed by atoms with Crippen LogP contribution in [0.15, 0.2) is 35.7 Å². The van der Waals surface area contributed by atoms with E-state index in [0.29, 0.717) is 12.1 Å². The molecule has 1 heterocycles. The lowest BCUT2D eigenvalue weighted by atomic mass is 10.1. The van der Waals surface area contributed by atoms with Crippen LogP contribution in [-0.2, 0) is 4.79 Å². The number of hydrogen-bond acceptors (Lipinski definition) is 3. The number of fused-ring (bicyclic) bond motifs is 1. The Bertz CT molecular complexity index is 539. The van der Waals surface area contributed by atoms with Crippen molar-refractivity contribution in [3.05, 3.63) is 36.4 Å². The van der Waals surface area contributed by atoms with Crippen molar-refractivity contribution in [1.29, 1.82) is 0 Å². The topological polar surface area (TPSA) is 37.4 Å². The zero-order chi connectivity index (χ0) is 14.0.